The third kappa shape index (κ3) is 3.08. The van der Waals surface area contributed by atoms with Gasteiger partial charge in [-0.05, 0) is 6.42 Å². The van der Waals surface area contributed by atoms with E-state index >= 15 is 0 Å². The Morgan fingerprint density at radius 3 is 2.55 bits per heavy atom. The molecule has 20 heavy (non-hydrogen) atoms. The van der Waals surface area contributed by atoms with Crippen LogP contribution in [0.3, 0.4) is 0 Å². The van der Waals surface area contributed by atoms with Crippen molar-refractivity contribution in [3.63, 3.8) is 0 Å². The van der Waals surface area contributed by atoms with Crippen LogP contribution in [-0.2, 0) is 4.79 Å². The number of carbonyl (C=O) groups is 3. The van der Waals surface area contributed by atoms with Gasteiger partial charge in [0.05, 0.1) is 12.4 Å². The summed E-state index contributed by atoms with van der Waals surface area (Å²) < 4.78 is 0. The zero-order valence-electron chi connectivity index (χ0n) is 10.9. The van der Waals surface area contributed by atoms with Crippen molar-refractivity contribution in [2.45, 2.75) is 18.9 Å². The molecule has 8 nitrogen and oxygen atoms in total. The molecule has 2 heterocycles. The molecule has 0 saturated carbocycles. The second-order valence-electron chi connectivity index (χ2n) is 4.58. The summed E-state index contributed by atoms with van der Waals surface area (Å²) in [6, 6.07) is -0.133. The smallest absolute Gasteiger partial charge is 0.356 e. The third-order valence-electron chi connectivity index (χ3n) is 3.07. The van der Waals surface area contributed by atoms with Gasteiger partial charge in [0.15, 0.2) is 5.69 Å². The summed E-state index contributed by atoms with van der Waals surface area (Å²) in [5, 5.41) is 11.4. The highest BCUT2D eigenvalue weighted by Gasteiger charge is 2.24. The maximum atomic E-state index is 11.9. The topological polar surface area (TPSA) is 112 Å². The number of hydrogen-bond acceptors (Lipinski definition) is 5. The minimum absolute atomic E-state index is 0.0505. The van der Waals surface area contributed by atoms with Gasteiger partial charge in [-0.15, -0.1) is 0 Å². The summed E-state index contributed by atoms with van der Waals surface area (Å²) in [5.41, 5.74) is -0.168. The lowest BCUT2D eigenvalue weighted by Crippen LogP contribution is -2.48. The van der Waals surface area contributed by atoms with Crippen molar-refractivity contribution >= 4 is 17.8 Å². The number of amides is 2. The van der Waals surface area contributed by atoms with Crippen LogP contribution < -0.4 is 5.32 Å². The van der Waals surface area contributed by atoms with Gasteiger partial charge in [0.25, 0.3) is 5.91 Å². The van der Waals surface area contributed by atoms with E-state index in [0.29, 0.717) is 19.4 Å². The molecule has 1 fully saturated rings. The summed E-state index contributed by atoms with van der Waals surface area (Å²) in [6.07, 6.45) is 3.13. The quantitative estimate of drug-likeness (QED) is 0.772. The van der Waals surface area contributed by atoms with Crippen molar-refractivity contribution in [1.82, 2.24) is 20.2 Å². The Morgan fingerprint density at radius 1 is 1.35 bits per heavy atom. The van der Waals surface area contributed by atoms with Crippen LogP contribution in [0, 0.1) is 0 Å². The van der Waals surface area contributed by atoms with Crippen molar-refractivity contribution in [2.24, 2.45) is 0 Å². The Balaban J connectivity index is 1.98. The summed E-state index contributed by atoms with van der Waals surface area (Å²) in [4.78, 5) is 42.8. The lowest BCUT2D eigenvalue weighted by Gasteiger charge is -2.29. The first-order valence-corrected chi connectivity index (χ1v) is 6.07. The van der Waals surface area contributed by atoms with Gasteiger partial charge in [0, 0.05) is 26.1 Å². The van der Waals surface area contributed by atoms with Crippen LogP contribution in [0.1, 0.15) is 33.8 Å². The summed E-state index contributed by atoms with van der Waals surface area (Å²) in [6.45, 7) is 0.450. The van der Waals surface area contributed by atoms with E-state index in [4.69, 9.17) is 5.11 Å². The predicted octanol–water partition coefficient (Wildman–Crippen LogP) is -0.475. The predicted molar refractivity (Wildman–Crippen MR) is 67.1 cm³/mol. The van der Waals surface area contributed by atoms with Crippen molar-refractivity contribution in [1.29, 1.82) is 0 Å². The molecule has 0 spiro atoms. The molecule has 2 rings (SSSR count). The van der Waals surface area contributed by atoms with Gasteiger partial charge in [0.1, 0.15) is 5.69 Å². The molecule has 0 aromatic carbocycles. The second-order valence-corrected chi connectivity index (χ2v) is 4.58. The fourth-order valence-electron chi connectivity index (χ4n) is 1.95. The molecule has 2 N–H and O–H groups in total. The number of carboxylic acids is 1. The van der Waals surface area contributed by atoms with E-state index in [-0.39, 0.29) is 23.3 Å². The minimum Gasteiger partial charge on any atom is -0.476 e. The number of hydrogen-bond donors (Lipinski definition) is 2. The average Bonchev–Trinajstić information content (AvgIpc) is 2.43. The van der Waals surface area contributed by atoms with Crippen molar-refractivity contribution in [3.05, 3.63) is 23.8 Å². The molecule has 1 aromatic rings. The number of piperidine rings is 1. The molecule has 8 heteroatoms. The Morgan fingerprint density at radius 2 is 2.00 bits per heavy atom. The normalized spacial score (nSPS) is 18.8. The maximum absolute atomic E-state index is 11.9. The highest BCUT2D eigenvalue weighted by Crippen LogP contribution is 2.10. The van der Waals surface area contributed by atoms with E-state index in [1.54, 1.807) is 11.9 Å². The first-order valence-electron chi connectivity index (χ1n) is 6.07. The van der Waals surface area contributed by atoms with Gasteiger partial charge < -0.3 is 15.3 Å². The standard InChI is InChI=1S/C12H14N4O4/c1-16-6-7(2-3-10(16)17)15-11(18)8-4-14-9(5-13-8)12(19)20/h4-5,7H,2-3,6H2,1H3,(H,15,18)(H,19,20). The molecule has 1 aliphatic rings. The molecule has 1 atom stereocenters. The Hall–Kier alpha value is -2.51. The number of aromatic nitrogens is 2. The van der Waals surface area contributed by atoms with Gasteiger partial charge in [-0.2, -0.15) is 0 Å². The first kappa shape index (κ1) is 13.9. The van der Waals surface area contributed by atoms with Gasteiger partial charge >= 0.3 is 5.97 Å². The monoisotopic (exact) mass is 278 g/mol. The molecule has 0 bridgehead atoms. The number of rotatable bonds is 3. The third-order valence-corrected chi connectivity index (χ3v) is 3.07. The number of likely N-dealkylation sites (N-methyl/N-ethyl adjacent to an activating group) is 1. The highest BCUT2D eigenvalue weighted by atomic mass is 16.4. The van der Waals surface area contributed by atoms with Crippen molar-refractivity contribution < 1.29 is 19.5 Å². The van der Waals surface area contributed by atoms with Crippen LogP contribution in [-0.4, -0.2) is 57.4 Å². The van der Waals surface area contributed by atoms with E-state index < -0.39 is 11.9 Å². The SMILES string of the molecule is CN1CC(NC(=O)c2cnc(C(=O)O)cn2)CCC1=O. The van der Waals surface area contributed by atoms with Gasteiger partial charge in [-0.25, -0.2) is 14.8 Å². The molecule has 106 valence electrons. The fraction of sp³-hybridized carbons (Fsp3) is 0.417. The minimum atomic E-state index is -1.20. The molecule has 0 aliphatic carbocycles. The van der Waals surface area contributed by atoms with Crippen LogP contribution in [0.4, 0.5) is 0 Å². The number of aromatic carboxylic acids is 1. The van der Waals surface area contributed by atoms with E-state index in [1.807, 2.05) is 0 Å². The Kier molecular flexibility index (Phi) is 3.92. The first-order chi connectivity index (χ1) is 9.47. The van der Waals surface area contributed by atoms with Crippen LogP contribution in [0.15, 0.2) is 12.4 Å². The van der Waals surface area contributed by atoms with Crippen LogP contribution >= 0.6 is 0 Å². The number of nitrogens with zero attached hydrogens (tertiary/aromatic N) is 3. The summed E-state index contributed by atoms with van der Waals surface area (Å²) in [7, 11) is 1.68. The summed E-state index contributed by atoms with van der Waals surface area (Å²) >= 11 is 0. The molecule has 1 unspecified atom stereocenters. The average molecular weight is 278 g/mol. The molecule has 0 radical (unpaired) electrons. The highest BCUT2D eigenvalue weighted by molar-refractivity contribution is 5.93. The fourth-order valence-corrected chi connectivity index (χ4v) is 1.95. The second kappa shape index (κ2) is 5.64. The molecule has 1 aliphatic heterocycles. The number of nitrogens with one attached hydrogen (secondary N) is 1. The van der Waals surface area contributed by atoms with E-state index in [1.165, 1.54) is 0 Å². The van der Waals surface area contributed by atoms with Gasteiger partial charge in [-0.1, -0.05) is 0 Å². The Bertz CT molecular complexity index is 543. The van der Waals surface area contributed by atoms with Gasteiger partial charge in [-0.3, -0.25) is 9.59 Å². The van der Waals surface area contributed by atoms with Crippen LogP contribution in [0.2, 0.25) is 0 Å². The van der Waals surface area contributed by atoms with Crippen LogP contribution in [0.25, 0.3) is 0 Å². The van der Waals surface area contributed by atoms with E-state index in [0.717, 1.165) is 12.4 Å². The van der Waals surface area contributed by atoms with Crippen molar-refractivity contribution in [2.75, 3.05) is 13.6 Å². The zero-order valence-corrected chi connectivity index (χ0v) is 10.9. The molecular formula is C12H14N4O4. The van der Waals surface area contributed by atoms with Crippen molar-refractivity contribution in [3.8, 4) is 0 Å². The number of likely N-dealkylation sites (tertiary alicyclic amines) is 1. The van der Waals surface area contributed by atoms with E-state index in [2.05, 4.69) is 15.3 Å². The Labute approximate surface area is 114 Å². The molecule has 2 amide bonds. The maximum Gasteiger partial charge on any atom is 0.356 e. The number of carboxylic acid groups (broad SMARTS) is 1. The lowest BCUT2D eigenvalue weighted by atomic mass is 10.1. The van der Waals surface area contributed by atoms with Gasteiger partial charge in [0.2, 0.25) is 5.91 Å². The lowest BCUT2D eigenvalue weighted by molar-refractivity contribution is -0.132. The summed E-state index contributed by atoms with van der Waals surface area (Å²) in [5.74, 6) is -1.57. The van der Waals surface area contributed by atoms with E-state index in [9.17, 15) is 14.4 Å². The van der Waals surface area contributed by atoms with Crippen LogP contribution in [0.5, 0.6) is 0 Å². The molecule has 1 saturated heterocycles. The number of carbonyl (C=O) groups excluding carboxylic acids is 2. The molecular weight excluding hydrogens is 264 g/mol. The zero-order chi connectivity index (χ0) is 14.7. The molecule has 1 aromatic heterocycles. The largest absolute Gasteiger partial charge is 0.476 e.